The smallest absolute Gasteiger partial charge is 0.203 e. The molecule has 0 aromatic rings. The summed E-state index contributed by atoms with van der Waals surface area (Å²) in [5, 5.41) is 0. The number of rotatable bonds is 42. The van der Waals surface area contributed by atoms with E-state index in [2.05, 4.69) is 27.1 Å². The van der Waals surface area contributed by atoms with Gasteiger partial charge in [0.1, 0.15) is 0 Å². The quantitative estimate of drug-likeness (QED) is 0.0408. The van der Waals surface area contributed by atoms with Crippen LogP contribution in [0.5, 0.6) is 0 Å². The zero-order valence-electron chi connectivity index (χ0n) is 47.7. The first-order valence-electron chi connectivity index (χ1n) is 24.2. The zero-order chi connectivity index (χ0) is 87.6. The molecule has 0 aromatic heterocycles. The molecule has 1 aliphatic rings. The van der Waals surface area contributed by atoms with Crippen molar-refractivity contribution in [3.8, 4) is 0 Å². The molecule has 0 aromatic carbocycles. The van der Waals surface area contributed by atoms with Gasteiger partial charge in [0, 0.05) is 0 Å². The molecule has 9 nitrogen and oxygen atoms in total. The minimum absolute atomic E-state index is 0.985. The molecule has 1 aliphatic heterocycles. The van der Waals surface area contributed by atoms with Gasteiger partial charge in [-0.2, -0.15) is 238 Å². The highest BCUT2D eigenvalue weighted by Crippen LogP contribution is 2.84. The average molecular weight is 1820 g/mol. The van der Waals surface area contributed by atoms with Crippen LogP contribution in [-0.4, -0.2) is 220 Å². The molecule has 0 bridgehead atoms. The van der Waals surface area contributed by atoms with Crippen LogP contribution in [0.25, 0.3) is 0 Å². The van der Waals surface area contributed by atoms with Crippen molar-refractivity contribution >= 4 is 24.1 Å². The monoisotopic (exact) mass is 1820 g/mol. The predicted octanol–water partition coefficient (Wildman–Crippen LogP) is 20.7. The van der Waals surface area contributed by atoms with Crippen LogP contribution in [0.2, 0.25) is 0 Å². The van der Waals surface area contributed by atoms with Crippen molar-refractivity contribution < 1.29 is 291 Å². The molecule has 0 saturated carbocycles. The fourth-order valence-corrected chi connectivity index (χ4v) is 17.0. The number of halogens is 60. The first kappa shape index (κ1) is 103. The second kappa shape index (κ2) is 29.8. The van der Waals surface area contributed by atoms with Crippen molar-refractivity contribution in [2.75, 3.05) is 39.6 Å². The highest BCUT2D eigenvalue weighted by molar-refractivity contribution is 7.92. The second-order valence-electron chi connectivity index (χ2n) is 20.3. The largest absolute Gasteiger partial charge is 0.510 e. The number of hydrogen-bond acceptors (Lipinski definition) is 9. The fourth-order valence-electron chi connectivity index (χ4n) is 6.08. The van der Waals surface area contributed by atoms with E-state index in [0.29, 0.717) is 0 Å². The van der Waals surface area contributed by atoms with Crippen molar-refractivity contribution in [3.63, 3.8) is 0 Å². The van der Waals surface area contributed by atoms with Gasteiger partial charge in [-0.3, -0.25) is 0 Å². The summed E-state index contributed by atoms with van der Waals surface area (Å²) >= 11 is 0. The minimum atomic E-state index is -9.92. The summed E-state index contributed by atoms with van der Waals surface area (Å²) in [4.78, 5) is -2.95. The molecule has 1 saturated heterocycles. The molecule has 1 heterocycles. The number of alkyl halides is 60. The summed E-state index contributed by atoms with van der Waals surface area (Å²) in [5.41, 5.74) is 0. The van der Waals surface area contributed by atoms with E-state index in [1.54, 1.807) is 0 Å². The Morgan fingerprint density at radius 2 is 0.241 bits per heavy atom. The van der Waals surface area contributed by atoms with Gasteiger partial charge in [0.2, 0.25) is 0 Å². The SMILES string of the molecule is FC(F)C(F)(F)C(F)(F)C(F)(F)C(F)(F)CO[P+]1(OCC(F)(F)C(F)(F)C(F)(F)C(F)(F)C(F)F)N[P+](OCC(F)(F)C(F)(F)C(F)(F)C(F)(F)C(F)F)(OCC(F)(F)C(F)(F)C(F)(F)C(F)(F)C(F)F)N[P+](OCC(F)(F)C(F)(F)C(F)(F)C(F)(F)C(F)F)(OCC(F)(F)C(F)(F)C(F)(F)C(F)(F)C(F)F)N1. The summed E-state index contributed by atoms with van der Waals surface area (Å²) in [6.07, 6.45) is -40.6. The Labute approximate surface area is 550 Å². The number of nitrogens with one attached hydrogen (secondary N) is 3. The van der Waals surface area contributed by atoms with Crippen LogP contribution in [0.4, 0.5) is 263 Å². The highest BCUT2D eigenvalue weighted by Gasteiger charge is 2.93. The number of hydrogen-bond donors (Lipinski definition) is 3. The fraction of sp³-hybridized carbons (Fsp3) is 1.00. The summed E-state index contributed by atoms with van der Waals surface area (Å²) in [6.45, 7) is -34.2. The van der Waals surface area contributed by atoms with Gasteiger partial charge in [-0.15, -0.1) is 0 Å². The molecular weight excluding hydrogens is 1800 g/mol. The summed E-state index contributed by atoms with van der Waals surface area (Å²) in [6, 6.07) is 0. The van der Waals surface area contributed by atoms with Gasteiger partial charge in [-0.1, -0.05) is 0 Å². The Kier molecular flexibility index (Phi) is 28.3. The molecule has 0 aliphatic carbocycles. The lowest BCUT2D eigenvalue weighted by Crippen LogP contribution is -2.66. The predicted molar refractivity (Wildman–Crippen MR) is 221 cm³/mol. The average Bonchev–Trinajstić information content (AvgIpc) is 0.728. The van der Waals surface area contributed by atoms with Crippen molar-refractivity contribution in [1.29, 1.82) is 0 Å². The van der Waals surface area contributed by atoms with Crippen molar-refractivity contribution in [1.82, 2.24) is 14.6 Å². The van der Waals surface area contributed by atoms with E-state index in [1.165, 1.54) is 0 Å². The summed E-state index contributed by atoms with van der Waals surface area (Å²) in [5.74, 6) is -212. The Balaban J connectivity index is 5.83. The molecule has 1 fully saturated rings. The van der Waals surface area contributed by atoms with Gasteiger partial charge in [0.15, 0.2) is 39.6 Å². The first-order chi connectivity index (χ1) is 46.5. The van der Waals surface area contributed by atoms with Crippen LogP contribution in [0.1, 0.15) is 0 Å². The Morgan fingerprint density at radius 3 is 0.315 bits per heavy atom. The van der Waals surface area contributed by atoms with Crippen LogP contribution >= 0.6 is 24.1 Å². The molecule has 0 radical (unpaired) electrons. The molecule has 0 spiro atoms. The third-order valence-electron chi connectivity index (χ3n) is 12.6. The van der Waals surface area contributed by atoms with Crippen LogP contribution in [0.3, 0.4) is 0 Å². The molecule has 0 atom stereocenters. The standard InChI is InChI=1S/C36H21F60N3O6P3/c37-7(38)19(61,62)31(85,86)25(73,74)13(49,50)1-100-106(101-2-14(51,52)26(75,76)32(87,88)20(63,64)8(39)40)97-107(102-3-15(53,54)27(77,78)33(89,90)21(65,66)9(41)42,103-4-16(55,56)28(79,80)34(91,92)22(67,68)10(43)44)99-108(98-106,104-5-17(57,58)29(81,82)35(93,94)23(69,70)11(45)46)105-6-18(59,60)30(83,84)36(95,96)24(71,72)12(47)48/h7-12,97-99H,1-6H2/q+3. The van der Waals surface area contributed by atoms with Crippen molar-refractivity contribution in [3.05, 3.63) is 0 Å². The molecule has 648 valence electrons. The Hall–Kier alpha value is -3.27. The van der Waals surface area contributed by atoms with E-state index in [9.17, 15) is 211 Å². The van der Waals surface area contributed by atoms with E-state index in [4.69, 9.17) is 0 Å². The van der Waals surface area contributed by atoms with Gasteiger partial charge in [0.05, 0.1) is 14.6 Å². The molecule has 3 N–H and O–H groups in total. The molecule has 0 unspecified atom stereocenters. The first-order valence-corrected chi connectivity index (χ1v) is 29.1. The van der Waals surface area contributed by atoms with E-state index < -0.39 is 259 Å². The maximum atomic E-state index is 15.5. The van der Waals surface area contributed by atoms with E-state index in [0.717, 1.165) is 0 Å². The van der Waals surface area contributed by atoms with Crippen LogP contribution in [0, 0.1) is 0 Å². The lowest BCUT2D eigenvalue weighted by Gasteiger charge is -2.41. The van der Waals surface area contributed by atoms with Crippen LogP contribution in [-0.2, 0) is 27.1 Å². The highest BCUT2D eigenvalue weighted by atomic mass is 31.3. The topological polar surface area (TPSA) is 91.5 Å². The molecule has 72 heteroatoms. The maximum Gasteiger partial charge on any atom is 0.510 e. The van der Waals surface area contributed by atoms with Gasteiger partial charge in [0.25, 0.3) is 0 Å². The summed E-state index contributed by atoms with van der Waals surface area (Å²) in [7, 11) is -29.8. The van der Waals surface area contributed by atoms with E-state index in [-0.39, 0.29) is 0 Å². The minimum Gasteiger partial charge on any atom is -0.203 e. The third kappa shape index (κ3) is 16.4. The van der Waals surface area contributed by atoms with Crippen molar-refractivity contribution in [2.24, 2.45) is 0 Å². The van der Waals surface area contributed by atoms with Crippen LogP contribution in [0.15, 0.2) is 0 Å². The second-order valence-corrected chi connectivity index (χ2v) is 27.5. The molecule has 1 rings (SSSR count). The zero-order valence-corrected chi connectivity index (χ0v) is 50.4. The van der Waals surface area contributed by atoms with Gasteiger partial charge in [-0.25, -0.2) is 52.7 Å². The lowest BCUT2D eigenvalue weighted by atomic mass is 9.99. The normalized spacial score (nSPS) is 18.5. The van der Waals surface area contributed by atoms with Gasteiger partial charge in [-0.05, 0) is 0 Å². The van der Waals surface area contributed by atoms with E-state index >= 15 is 52.7 Å². The van der Waals surface area contributed by atoms with E-state index in [1.807, 2.05) is 0 Å². The maximum absolute atomic E-state index is 15.5. The molecule has 108 heavy (non-hydrogen) atoms. The Morgan fingerprint density at radius 1 is 0.157 bits per heavy atom. The van der Waals surface area contributed by atoms with Gasteiger partial charge < -0.3 is 0 Å². The lowest BCUT2D eigenvalue weighted by molar-refractivity contribution is -0.387. The van der Waals surface area contributed by atoms with Crippen molar-refractivity contribution in [2.45, 2.75) is 181 Å². The molecule has 0 amide bonds. The Bertz CT molecular complexity index is 2520. The summed E-state index contributed by atoms with van der Waals surface area (Å²) < 4.78 is 878. The van der Waals surface area contributed by atoms with Crippen LogP contribution < -0.4 is 14.6 Å². The van der Waals surface area contributed by atoms with Gasteiger partial charge >= 0.3 is 205 Å². The third-order valence-corrected chi connectivity index (χ3v) is 21.9. The molecular formula is C36H21F60N3O6P3+3.